The molecule has 1 unspecified atom stereocenters. The maximum atomic E-state index is 6.21. The zero-order chi connectivity index (χ0) is 12.7. The van der Waals surface area contributed by atoms with Crippen LogP contribution in [0.5, 0.6) is 0 Å². The van der Waals surface area contributed by atoms with Crippen LogP contribution in [0.15, 0.2) is 18.2 Å². The van der Waals surface area contributed by atoms with E-state index in [4.69, 9.17) is 23.2 Å². The van der Waals surface area contributed by atoms with Gasteiger partial charge in [-0.15, -0.1) is 11.6 Å². The number of likely N-dealkylation sites (N-methyl/N-ethyl adjacent to an activating group) is 1. The van der Waals surface area contributed by atoms with E-state index in [1.165, 1.54) is 0 Å². The van der Waals surface area contributed by atoms with Crippen molar-refractivity contribution < 1.29 is 0 Å². The molecular weight excluding hydrogens is 269 g/mol. The third-order valence-electron chi connectivity index (χ3n) is 3.60. The van der Waals surface area contributed by atoms with Crippen LogP contribution in [0.1, 0.15) is 18.3 Å². The molecule has 1 aromatic carbocycles. The predicted molar refractivity (Wildman–Crippen MR) is 75.5 cm³/mol. The van der Waals surface area contributed by atoms with Crippen molar-refractivity contribution in [1.29, 1.82) is 0 Å². The summed E-state index contributed by atoms with van der Waals surface area (Å²) in [5.41, 5.74) is 1.96. The maximum Gasteiger partial charge on any atom is 0.125 e. The molecule has 0 amide bonds. The highest BCUT2D eigenvalue weighted by atomic mass is 35.5. The van der Waals surface area contributed by atoms with Crippen LogP contribution < -0.4 is 0 Å². The van der Waals surface area contributed by atoms with Gasteiger partial charge in [-0.25, -0.2) is 4.98 Å². The van der Waals surface area contributed by atoms with Gasteiger partial charge in [0.2, 0.25) is 0 Å². The van der Waals surface area contributed by atoms with Crippen molar-refractivity contribution in [3.05, 3.63) is 29.0 Å². The van der Waals surface area contributed by atoms with E-state index in [0.29, 0.717) is 16.9 Å². The van der Waals surface area contributed by atoms with Gasteiger partial charge in [0.1, 0.15) is 11.3 Å². The third kappa shape index (κ3) is 1.91. The summed E-state index contributed by atoms with van der Waals surface area (Å²) in [7, 11) is 2.15. The van der Waals surface area contributed by atoms with Crippen LogP contribution in [0.3, 0.4) is 0 Å². The molecule has 0 N–H and O–H groups in total. The summed E-state index contributed by atoms with van der Waals surface area (Å²) in [6, 6.07) is 6.37. The molecule has 1 aromatic heterocycles. The number of hydrogen-bond donors (Lipinski definition) is 0. The molecule has 1 fully saturated rings. The first-order valence-corrected chi connectivity index (χ1v) is 7.02. The topological polar surface area (TPSA) is 21.1 Å². The molecule has 0 saturated carbocycles. The summed E-state index contributed by atoms with van der Waals surface area (Å²) in [4.78, 5) is 6.91. The molecule has 0 bridgehead atoms. The first-order chi connectivity index (χ1) is 8.70. The fourth-order valence-corrected chi connectivity index (χ4v) is 3.16. The molecule has 0 aliphatic carbocycles. The van der Waals surface area contributed by atoms with Gasteiger partial charge in [0.05, 0.1) is 16.4 Å². The van der Waals surface area contributed by atoms with E-state index < -0.39 is 0 Å². The molecule has 96 valence electrons. The molecule has 2 heterocycles. The molecular formula is C13H15Cl2N3. The molecule has 1 saturated heterocycles. The third-order valence-corrected chi connectivity index (χ3v) is 4.14. The van der Waals surface area contributed by atoms with Crippen molar-refractivity contribution in [3.63, 3.8) is 0 Å². The van der Waals surface area contributed by atoms with Crippen LogP contribution in [-0.4, -0.2) is 34.6 Å². The zero-order valence-electron chi connectivity index (χ0n) is 10.2. The van der Waals surface area contributed by atoms with Gasteiger partial charge in [0.15, 0.2) is 0 Å². The highest BCUT2D eigenvalue weighted by Crippen LogP contribution is 2.31. The molecule has 3 nitrogen and oxygen atoms in total. The van der Waals surface area contributed by atoms with E-state index in [-0.39, 0.29) is 0 Å². The van der Waals surface area contributed by atoms with Gasteiger partial charge in [-0.2, -0.15) is 0 Å². The Labute approximate surface area is 116 Å². The minimum Gasteiger partial charge on any atom is -0.322 e. The van der Waals surface area contributed by atoms with E-state index >= 15 is 0 Å². The van der Waals surface area contributed by atoms with Gasteiger partial charge in [-0.05, 0) is 32.1 Å². The van der Waals surface area contributed by atoms with E-state index in [1.807, 2.05) is 12.1 Å². The normalized spacial score (nSPS) is 20.9. The minimum absolute atomic E-state index is 0.422. The number of likely N-dealkylation sites (tertiary alicyclic amines) is 1. The molecule has 0 radical (unpaired) electrons. The Morgan fingerprint density at radius 2 is 2.28 bits per heavy atom. The SMILES string of the molecule is CN1CCC(n2c(CCl)nc3c(Cl)cccc32)C1. The Bertz CT molecular complexity index is 579. The van der Waals surface area contributed by atoms with E-state index in [1.54, 1.807) is 0 Å². The summed E-state index contributed by atoms with van der Waals surface area (Å²) < 4.78 is 2.26. The second kappa shape index (κ2) is 4.72. The number of aromatic nitrogens is 2. The first kappa shape index (κ1) is 12.3. The fraction of sp³-hybridized carbons (Fsp3) is 0.462. The van der Waals surface area contributed by atoms with Crippen molar-refractivity contribution >= 4 is 34.2 Å². The van der Waals surface area contributed by atoms with Crippen molar-refractivity contribution in [2.45, 2.75) is 18.3 Å². The zero-order valence-corrected chi connectivity index (χ0v) is 11.7. The van der Waals surface area contributed by atoms with Crippen LogP contribution in [0, 0.1) is 0 Å². The lowest BCUT2D eigenvalue weighted by Gasteiger charge is -2.16. The van der Waals surface area contributed by atoms with Crippen LogP contribution >= 0.6 is 23.2 Å². The van der Waals surface area contributed by atoms with Gasteiger partial charge in [0.25, 0.3) is 0 Å². The number of alkyl halides is 1. The van der Waals surface area contributed by atoms with Crippen molar-refractivity contribution in [2.75, 3.05) is 20.1 Å². The van der Waals surface area contributed by atoms with Crippen LogP contribution in [-0.2, 0) is 5.88 Å². The standard InChI is InChI=1S/C13H15Cl2N3/c1-17-6-5-9(8-17)18-11-4-2-3-10(15)13(11)16-12(18)7-14/h2-4,9H,5-8H2,1H3. The monoisotopic (exact) mass is 283 g/mol. The number of fused-ring (bicyclic) bond motifs is 1. The van der Waals surface area contributed by atoms with Gasteiger partial charge < -0.3 is 9.47 Å². The van der Waals surface area contributed by atoms with Gasteiger partial charge in [0, 0.05) is 12.6 Å². The quantitative estimate of drug-likeness (QED) is 0.789. The molecule has 1 atom stereocenters. The molecule has 0 spiro atoms. The minimum atomic E-state index is 0.422. The van der Waals surface area contributed by atoms with Gasteiger partial charge in [-0.1, -0.05) is 17.7 Å². The number of hydrogen-bond acceptors (Lipinski definition) is 2. The Balaban J connectivity index is 2.17. The highest BCUT2D eigenvalue weighted by molar-refractivity contribution is 6.35. The van der Waals surface area contributed by atoms with Gasteiger partial charge in [-0.3, -0.25) is 0 Å². The second-order valence-electron chi connectivity index (χ2n) is 4.84. The van der Waals surface area contributed by atoms with Crippen molar-refractivity contribution in [2.24, 2.45) is 0 Å². The molecule has 1 aliphatic rings. The number of benzene rings is 1. The van der Waals surface area contributed by atoms with Crippen LogP contribution in [0.25, 0.3) is 11.0 Å². The summed E-state index contributed by atoms with van der Waals surface area (Å²) in [6.45, 7) is 2.16. The van der Waals surface area contributed by atoms with Gasteiger partial charge >= 0.3 is 0 Å². The lowest BCUT2D eigenvalue weighted by Crippen LogP contribution is -2.17. The van der Waals surface area contributed by atoms with E-state index in [0.717, 1.165) is 36.4 Å². The molecule has 2 aromatic rings. The summed E-state index contributed by atoms with van der Waals surface area (Å²) in [5.74, 6) is 1.34. The average molecular weight is 284 g/mol. The van der Waals surface area contributed by atoms with E-state index in [9.17, 15) is 0 Å². The maximum absolute atomic E-state index is 6.21. The molecule has 18 heavy (non-hydrogen) atoms. The van der Waals surface area contributed by atoms with Crippen molar-refractivity contribution in [3.8, 4) is 0 Å². The molecule has 1 aliphatic heterocycles. The number of rotatable bonds is 2. The fourth-order valence-electron chi connectivity index (χ4n) is 2.76. The van der Waals surface area contributed by atoms with Crippen molar-refractivity contribution in [1.82, 2.24) is 14.5 Å². The lowest BCUT2D eigenvalue weighted by molar-refractivity contribution is 0.393. The number of halogens is 2. The number of imidazole rings is 1. The number of nitrogens with zero attached hydrogens (tertiary/aromatic N) is 3. The highest BCUT2D eigenvalue weighted by Gasteiger charge is 2.25. The Hall–Kier alpha value is -0.770. The Kier molecular flexibility index (Phi) is 3.22. The summed E-state index contributed by atoms with van der Waals surface area (Å²) in [6.07, 6.45) is 1.14. The predicted octanol–water partition coefficient (Wildman–Crippen LogP) is 3.31. The summed E-state index contributed by atoms with van der Waals surface area (Å²) in [5, 5.41) is 0.698. The number of para-hydroxylation sites is 1. The molecule has 5 heteroatoms. The lowest BCUT2D eigenvalue weighted by atomic mass is 10.2. The summed E-state index contributed by atoms with van der Waals surface area (Å²) >= 11 is 12.2. The van der Waals surface area contributed by atoms with E-state index in [2.05, 4.69) is 27.6 Å². The first-order valence-electron chi connectivity index (χ1n) is 6.10. The molecule has 3 rings (SSSR count). The van der Waals surface area contributed by atoms with Crippen LogP contribution in [0.4, 0.5) is 0 Å². The smallest absolute Gasteiger partial charge is 0.125 e. The Morgan fingerprint density at radius 3 is 2.94 bits per heavy atom. The average Bonchev–Trinajstić information content (AvgIpc) is 2.93. The largest absolute Gasteiger partial charge is 0.322 e. The Morgan fingerprint density at radius 1 is 1.44 bits per heavy atom. The second-order valence-corrected chi connectivity index (χ2v) is 5.52. The van der Waals surface area contributed by atoms with Crippen LogP contribution in [0.2, 0.25) is 5.02 Å².